The van der Waals surface area contributed by atoms with Crippen molar-refractivity contribution in [2.75, 3.05) is 26.2 Å². The number of nitrogens with two attached hydrogens (primary N) is 2. The average Bonchev–Trinajstić information content (AvgIpc) is 2.80. The van der Waals surface area contributed by atoms with Gasteiger partial charge in [-0.1, -0.05) is 60.7 Å². The Balaban J connectivity index is 1.82. The summed E-state index contributed by atoms with van der Waals surface area (Å²) in [4.78, 5) is 26.9. The van der Waals surface area contributed by atoms with Crippen molar-refractivity contribution in [1.29, 1.82) is 0 Å². The number of carbonyl (C=O) groups excluding carboxylic acids is 2. The van der Waals surface area contributed by atoms with E-state index in [4.69, 9.17) is 11.5 Å². The first-order valence-electron chi connectivity index (χ1n) is 11.2. The van der Waals surface area contributed by atoms with Crippen LogP contribution in [0.5, 0.6) is 0 Å². The van der Waals surface area contributed by atoms with Crippen molar-refractivity contribution in [2.24, 2.45) is 11.5 Å². The van der Waals surface area contributed by atoms with Crippen LogP contribution in [0, 0.1) is 0 Å². The van der Waals surface area contributed by atoms with Crippen molar-refractivity contribution in [3.8, 4) is 0 Å². The number of benzene rings is 2. The summed E-state index contributed by atoms with van der Waals surface area (Å²) in [5.41, 5.74) is 14.1. The molecule has 0 saturated heterocycles. The molecule has 168 valence electrons. The first kappa shape index (κ1) is 24.6. The van der Waals surface area contributed by atoms with Gasteiger partial charge in [0.05, 0.1) is 12.6 Å². The van der Waals surface area contributed by atoms with E-state index in [1.165, 1.54) is 11.1 Å². The molecule has 6 nitrogen and oxygen atoms in total. The molecule has 0 aliphatic heterocycles. The normalized spacial score (nSPS) is 11.7. The lowest BCUT2D eigenvalue weighted by atomic mass is 10.1. The van der Waals surface area contributed by atoms with Crippen LogP contribution in [0.25, 0.3) is 0 Å². The Morgan fingerprint density at radius 2 is 1.45 bits per heavy atom. The molecular weight excluding hydrogens is 388 g/mol. The van der Waals surface area contributed by atoms with Crippen molar-refractivity contribution < 1.29 is 9.59 Å². The van der Waals surface area contributed by atoms with E-state index in [0.29, 0.717) is 32.5 Å². The fourth-order valence-electron chi connectivity index (χ4n) is 3.48. The molecule has 2 aromatic carbocycles. The Labute approximate surface area is 186 Å². The van der Waals surface area contributed by atoms with E-state index in [2.05, 4.69) is 29.6 Å². The first-order chi connectivity index (χ1) is 15.1. The quantitative estimate of drug-likeness (QED) is 0.405. The Morgan fingerprint density at radius 1 is 0.871 bits per heavy atom. The van der Waals surface area contributed by atoms with Gasteiger partial charge in [0, 0.05) is 13.1 Å². The number of hydrogen-bond acceptors (Lipinski definition) is 4. The van der Waals surface area contributed by atoms with Crippen LogP contribution in [0.4, 0.5) is 0 Å². The molecule has 2 rings (SSSR count). The highest BCUT2D eigenvalue weighted by atomic mass is 16.2. The molecule has 2 aromatic rings. The highest BCUT2D eigenvalue weighted by Crippen LogP contribution is 2.07. The number of rotatable bonds is 14. The van der Waals surface area contributed by atoms with E-state index in [1.54, 1.807) is 4.90 Å². The Kier molecular flexibility index (Phi) is 11.4. The molecule has 0 spiro atoms. The second-order valence-corrected chi connectivity index (χ2v) is 7.83. The molecule has 2 amide bonds. The molecule has 31 heavy (non-hydrogen) atoms. The monoisotopic (exact) mass is 424 g/mol. The van der Waals surface area contributed by atoms with Crippen LogP contribution in [0.3, 0.4) is 0 Å². The Bertz CT molecular complexity index is 768. The van der Waals surface area contributed by atoms with Gasteiger partial charge in [0.1, 0.15) is 0 Å². The van der Waals surface area contributed by atoms with Crippen LogP contribution in [-0.2, 0) is 22.4 Å². The van der Waals surface area contributed by atoms with Crippen LogP contribution in [0.1, 0.15) is 36.8 Å². The van der Waals surface area contributed by atoms with Crippen LogP contribution >= 0.6 is 0 Å². The van der Waals surface area contributed by atoms with Gasteiger partial charge in [-0.3, -0.25) is 9.59 Å². The molecule has 0 bridgehead atoms. The third-order valence-electron chi connectivity index (χ3n) is 5.23. The highest BCUT2D eigenvalue weighted by molar-refractivity contribution is 5.87. The molecule has 0 heterocycles. The first-order valence-corrected chi connectivity index (χ1v) is 11.2. The van der Waals surface area contributed by atoms with Crippen LogP contribution in [0.15, 0.2) is 60.7 Å². The largest absolute Gasteiger partial charge is 0.355 e. The van der Waals surface area contributed by atoms with Gasteiger partial charge in [0.2, 0.25) is 11.8 Å². The van der Waals surface area contributed by atoms with Gasteiger partial charge in [-0.2, -0.15) is 0 Å². The summed E-state index contributed by atoms with van der Waals surface area (Å²) in [7, 11) is 0. The van der Waals surface area contributed by atoms with Gasteiger partial charge in [-0.25, -0.2) is 0 Å². The van der Waals surface area contributed by atoms with Gasteiger partial charge in [-0.15, -0.1) is 0 Å². The molecule has 0 saturated carbocycles. The molecule has 0 radical (unpaired) electrons. The summed E-state index contributed by atoms with van der Waals surface area (Å²) in [5, 5.41) is 2.93. The zero-order valence-corrected chi connectivity index (χ0v) is 18.3. The Morgan fingerprint density at radius 3 is 2.03 bits per heavy atom. The summed E-state index contributed by atoms with van der Waals surface area (Å²) in [6, 6.07) is 19.7. The number of carbonyl (C=O) groups is 2. The minimum atomic E-state index is -0.619. The Hall–Kier alpha value is -2.70. The fourth-order valence-corrected chi connectivity index (χ4v) is 3.48. The zero-order chi connectivity index (χ0) is 22.3. The summed E-state index contributed by atoms with van der Waals surface area (Å²) in [5.74, 6) is -0.326. The highest BCUT2D eigenvalue weighted by Gasteiger charge is 2.22. The second-order valence-electron chi connectivity index (χ2n) is 7.83. The van der Waals surface area contributed by atoms with E-state index in [1.807, 2.05) is 36.4 Å². The minimum Gasteiger partial charge on any atom is -0.355 e. The number of aryl methyl sites for hydroxylation is 2. The summed E-state index contributed by atoms with van der Waals surface area (Å²) in [6.07, 6.45) is 4.61. The lowest BCUT2D eigenvalue weighted by Crippen LogP contribution is -2.48. The molecular formula is C25H36N4O2. The molecule has 5 N–H and O–H groups in total. The van der Waals surface area contributed by atoms with Crippen LogP contribution in [0.2, 0.25) is 0 Å². The molecule has 0 fully saturated rings. The molecule has 0 aromatic heterocycles. The predicted molar refractivity (Wildman–Crippen MR) is 125 cm³/mol. The van der Waals surface area contributed by atoms with E-state index in [9.17, 15) is 9.59 Å². The fraction of sp³-hybridized carbons (Fsp3) is 0.440. The van der Waals surface area contributed by atoms with Crippen LogP contribution in [-0.4, -0.2) is 48.9 Å². The van der Waals surface area contributed by atoms with Crippen molar-refractivity contribution in [2.45, 2.75) is 44.6 Å². The number of hydrogen-bond donors (Lipinski definition) is 3. The predicted octanol–water partition coefficient (Wildman–Crippen LogP) is 2.26. The van der Waals surface area contributed by atoms with Gasteiger partial charge >= 0.3 is 0 Å². The number of amides is 2. The smallest absolute Gasteiger partial charge is 0.239 e. The van der Waals surface area contributed by atoms with E-state index in [0.717, 1.165) is 25.7 Å². The molecule has 1 atom stereocenters. The third kappa shape index (κ3) is 9.77. The maximum absolute atomic E-state index is 12.8. The van der Waals surface area contributed by atoms with E-state index < -0.39 is 6.04 Å². The van der Waals surface area contributed by atoms with Crippen LogP contribution < -0.4 is 16.8 Å². The van der Waals surface area contributed by atoms with Gasteiger partial charge in [0.15, 0.2) is 0 Å². The topological polar surface area (TPSA) is 101 Å². The molecule has 0 aliphatic carbocycles. The summed E-state index contributed by atoms with van der Waals surface area (Å²) in [6.45, 7) is 1.62. The zero-order valence-electron chi connectivity index (χ0n) is 18.3. The second kappa shape index (κ2) is 14.3. The van der Waals surface area contributed by atoms with Crippen molar-refractivity contribution in [3.63, 3.8) is 0 Å². The molecule has 6 heteroatoms. The van der Waals surface area contributed by atoms with E-state index >= 15 is 0 Å². The maximum Gasteiger partial charge on any atom is 0.239 e. The summed E-state index contributed by atoms with van der Waals surface area (Å²) >= 11 is 0. The third-order valence-corrected chi connectivity index (χ3v) is 5.23. The maximum atomic E-state index is 12.8. The minimum absolute atomic E-state index is 0.0370. The van der Waals surface area contributed by atoms with Crippen molar-refractivity contribution in [3.05, 3.63) is 71.8 Å². The van der Waals surface area contributed by atoms with Gasteiger partial charge in [-0.05, 0) is 56.2 Å². The van der Waals surface area contributed by atoms with E-state index in [-0.39, 0.29) is 18.4 Å². The lowest BCUT2D eigenvalue weighted by Gasteiger charge is -2.25. The van der Waals surface area contributed by atoms with Crippen molar-refractivity contribution in [1.82, 2.24) is 10.2 Å². The molecule has 0 aliphatic rings. The number of nitrogens with one attached hydrogen (secondary N) is 1. The SMILES string of the molecule is NCCC[C@@H](N)C(=O)N(CCCc1ccccc1)CC(=O)NCCCc1ccccc1. The van der Waals surface area contributed by atoms with Gasteiger partial charge < -0.3 is 21.7 Å². The molecule has 0 unspecified atom stereocenters. The summed E-state index contributed by atoms with van der Waals surface area (Å²) < 4.78 is 0. The lowest BCUT2D eigenvalue weighted by molar-refractivity contribution is -0.137. The number of nitrogens with zero attached hydrogens (tertiary/aromatic N) is 1. The van der Waals surface area contributed by atoms with Gasteiger partial charge in [0.25, 0.3) is 0 Å². The standard InChI is InChI=1S/C25H36N4O2/c26-17-7-16-23(27)25(31)29(19-9-15-22-12-5-2-6-13-22)20-24(30)28-18-8-14-21-10-3-1-4-11-21/h1-6,10-13,23H,7-9,14-20,26-27H2,(H,28,30)/t23-/m1/s1. The average molecular weight is 425 g/mol. The van der Waals surface area contributed by atoms with Crippen molar-refractivity contribution >= 4 is 11.8 Å².